The Morgan fingerprint density at radius 2 is 1.93 bits per heavy atom. The zero-order valence-electron chi connectivity index (χ0n) is 16.7. The molecule has 0 radical (unpaired) electrons. The molecule has 0 saturated carbocycles. The summed E-state index contributed by atoms with van der Waals surface area (Å²) < 4.78 is 72.1. The van der Waals surface area contributed by atoms with E-state index in [2.05, 4.69) is 15.6 Å². The van der Waals surface area contributed by atoms with Gasteiger partial charge in [-0.2, -0.15) is 17.5 Å². The van der Waals surface area contributed by atoms with Gasteiger partial charge in [0.2, 0.25) is 0 Å². The number of piperidine rings is 1. The third kappa shape index (κ3) is 7.58. The maximum atomic E-state index is 12.6. The van der Waals surface area contributed by atoms with E-state index in [1.165, 1.54) is 0 Å². The van der Waals surface area contributed by atoms with Crippen LogP contribution in [-0.4, -0.2) is 83.8 Å². The standard InChI is InChI=1S/C17H31F3N4O4S/c1-21-16(22-6-2-9-27-12-15-5-10-28-13-15)23-11-14-3-7-24(8-4-14)29(25,26)17(18,19)20/h14-15H,2-13H2,1H3,(H2,21,22,23). The molecule has 0 spiro atoms. The minimum Gasteiger partial charge on any atom is -0.381 e. The molecule has 8 nitrogen and oxygen atoms in total. The first-order valence-corrected chi connectivity index (χ1v) is 11.3. The number of aliphatic imine (C=N–C) groups is 1. The second-order valence-corrected chi connectivity index (χ2v) is 9.26. The van der Waals surface area contributed by atoms with Gasteiger partial charge in [0.1, 0.15) is 0 Å². The molecule has 170 valence electrons. The summed E-state index contributed by atoms with van der Waals surface area (Å²) in [5.41, 5.74) is -5.24. The number of hydrogen-bond donors (Lipinski definition) is 2. The summed E-state index contributed by atoms with van der Waals surface area (Å²) in [4.78, 5) is 4.12. The number of guanidine groups is 1. The van der Waals surface area contributed by atoms with E-state index in [9.17, 15) is 21.6 Å². The van der Waals surface area contributed by atoms with E-state index in [-0.39, 0.29) is 19.0 Å². The van der Waals surface area contributed by atoms with Gasteiger partial charge in [0.25, 0.3) is 0 Å². The van der Waals surface area contributed by atoms with Crippen molar-refractivity contribution >= 4 is 16.0 Å². The average molecular weight is 445 g/mol. The zero-order valence-corrected chi connectivity index (χ0v) is 17.5. The van der Waals surface area contributed by atoms with Crippen LogP contribution in [0, 0.1) is 11.8 Å². The monoisotopic (exact) mass is 444 g/mol. The lowest BCUT2D eigenvalue weighted by Crippen LogP contribution is -2.47. The second-order valence-electron chi connectivity index (χ2n) is 7.33. The van der Waals surface area contributed by atoms with Crippen molar-refractivity contribution in [3.05, 3.63) is 0 Å². The molecule has 0 aromatic rings. The number of alkyl halides is 3. The highest BCUT2D eigenvalue weighted by Crippen LogP contribution is 2.30. The number of sulfonamides is 1. The molecule has 0 bridgehead atoms. The Morgan fingerprint density at radius 3 is 2.52 bits per heavy atom. The predicted molar refractivity (Wildman–Crippen MR) is 103 cm³/mol. The topological polar surface area (TPSA) is 92.3 Å². The van der Waals surface area contributed by atoms with E-state index < -0.39 is 15.5 Å². The van der Waals surface area contributed by atoms with Crippen LogP contribution in [0.2, 0.25) is 0 Å². The van der Waals surface area contributed by atoms with Crippen molar-refractivity contribution in [1.29, 1.82) is 0 Å². The number of nitrogens with one attached hydrogen (secondary N) is 2. The highest BCUT2D eigenvalue weighted by molar-refractivity contribution is 7.90. The van der Waals surface area contributed by atoms with Crippen molar-refractivity contribution in [3.8, 4) is 0 Å². The van der Waals surface area contributed by atoms with Crippen molar-refractivity contribution in [2.45, 2.75) is 31.2 Å². The highest BCUT2D eigenvalue weighted by Gasteiger charge is 2.50. The molecule has 0 aromatic carbocycles. The predicted octanol–water partition coefficient (Wildman–Crippen LogP) is 1.16. The summed E-state index contributed by atoms with van der Waals surface area (Å²) in [6.45, 7) is 3.92. The Morgan fingerprint density at radius 1 is 1.21 bits per heavy atom. The third-order valence-electron chi connectivity index (χ3n) is 5.12. The van der Waals surface area contributed by atoms with Crippen LogP contribution in [0.5, 0.6) is 0 Å². The molecule has 2 aliphatic heterocycles. The van der Waals surface area contributed by atoms with Crippen LogP contribution < -0.4 is 10.6 Å². The molecule has 29 heavy (non-hydrogen) atoms. The molecule has 2 heterocycles. The summed E-state index contributed by atoms with van der Waals surface area (Å²) in [5, 5.41) is 6.32. The Hall–Kier alpha value is -1.11. The van der Waals surface area contributed by atoms with E-state index in [0.717, 1.165) is 32.7 Å². The van der Waals surface area contributed by atoms with Gasteiger partial charge >= 0.3 is 15.5 Å². The van der Waals surface area contributed by atoms with Gasteiger partial charge in [-0.25, -0.2) is 8.42 Å². The number of nitrogens with zero attached hydrogens (tertiary/aromatic N) is 2. The van der Waals surface area contributed by atoms with Gasteiger partial charge < -0.3 is 20.1 Å². The molecule has 1 unspecified atom stereocenters. The average Bonchev–Trinajstić information content (AvgIpc) is 3.20. The summed E-state index contributed by atoms with van der Waals surface area (Å²) in [7, 11) is -3.58. The van der Waals surface area contributed by atoms with Gasteiger partial charge in [-0.05, 0) is 31.6 Å². The fourth-order valence-corrected chi connectivity index (χ4v) is 4.29. The van der Waals surface area contributed by atoms with Crippen LogP contribution >= 0.6 is 0 Å². The van der Waals surface area contributed by atoms with Crippen molar-refractivity contribution in [2.75, 3.05) is 59.7 Å². The minimum absolute atomic E-state index is 0.0881. The van der Waals surface area contributed by atoms with Crippen LogP contribution in [0.15, 0.2) is 4.99 Å². The molecule has 2 fully saturated rings. The molecule has 0 aliphatic carbocycles. The van der Waals surface area contributed by atoms with Gasteiger partial charge in [0, 0.05) is 52.4 Å². The van der Waals surface area contributed by atoms with Crippen LogP contribution in [0.3, 0.4) is 0 Å². The highest BCUT2D eigenvalue weighted by atomic mass is 32.2. The molecule has 2 N–H and O–H groups in total. The summed E-state index contributed by atoms with van der Waals surface area (Å²) >= 11 is 0. The zero-order chi connectivity index (χ0) is 21.3. The van der Waals surface area contributed by atoms with Crippen molar-refractivity contribution in [2.24, 2.45) is 16.8 Å². The number of hydrogen-bond acceptors (Lipinski definition) is 5. The van der Waals surface area contributed by atoms with Crippen LogP contribution in [0.25, 0.3) is 0 Å². The molecule has 0 aromatic heterocycles. The largest absolute Gasteiger partial charge is 0.511 e. The normalized spacial score (nSPS) is 22.8. The number of ether oxygens (including phenoxy) is 2. The van der Waals surface area contributed by atoms with Crippen LogP contribution in [0.1, 0.15) is 25.7 Å². The Kier molecular flexibility index (Phi) is 9.44. The fraction of sp³-hybridized carbons (Fsp3) is 0.941. The maximum Gasteiger partial charge on any atom is 0.511 e. The summed E-state index contributed by atoms with van der Waals surface area (Å²) in [6.07, 6.45) is 2.62. The molecule has 2 saturated heterocycles. The van der Waals surface area contributed by atoms with E-state index in [4.69, 9.17) is 9.47 Å². The lowest BCUT2D eigenvalue weighted by Gasteiger charge is -2.31. The van der Waals surface area contributed by atoms with Gasteiger partial charge in [0.05, 0.1) is 13.2 Å². The molecule has 0 amide bonds. The SMILES string of the molecule is CN=C(NCCCOCC1CCOC1)NCC1CCN(S(=O)(=O)C(F)(F)F)CC1. The summed E-state index contributed by atoms with van der Waals surface area (Å²) in [6, 6.07) is 0. The van der Waals surface area contributed by atoms with Crippen molar-refractivity contribution < 1.29 is 31.1 Å². The van der Waals surface area contributed by atoms with Gasteiger partial charge in [-0.1, -0.05) is 0 Å². The first-order valence-electron chi connectivity index (χ1n) is 9.90. The fourth-order valence-electron chi connectivity index (χ4n) is 3.31. The Bertz CT molecular complexity index is 617. The first kappa shape index (κ1) is 24.2. The van der Waals surface area contributed by atoms with E-state index in [1.807, 2.05) is 0 Å². The Labute approximate surface area is 170 Å². The van der Waals surface area contributed by atoms with E-state index in [0.29, 0.717) is 48.7 Å². The Balaban J connectivity index is 1.57. The van der Waals surface area contributed by atoms with Gasteiger partial charge in [0.15, 0.2) is 5.96 Å². The molecular weight excluding hydrogens is 413 g/mol. The van der Waals surface area contributed by atoms with Gasteiger partial charge in [-0.3, -0.25) is 4.99 Å². The van der Waals surface area contributed by atoms with Gasteiger partial charge in [-0.15, -0.1) is 0 Å². The lowest BCUT2D eigenvalue weighted by atomic mass is 9.98. The third-order valence-corrected chi connectivity index (χ3v) is 6.75. The van der Waals surface area contributed by atoms with E-state index >= 15 is 0 Å². The van der Waals surface area contributed by atoms with Crippen LogP contribution in [-0.2, 0) is 19.5 Å². The molecule has 2 rings (SSSR count). The van der Waals surface area contributed by atoms with Crippen molar-refractivity contribution in [3.63, 3.8) is 0 Å². The molecule has 2 aliphatic rings. The maximum absolute atomic E-state index is 12.6. The molecular formula is C17H31F3N4O4S. The smallest absolute Gasteiger partial charge is 0.381 e. The second kappa shape index (κ2) is 11.3. The minimum atomic E-state index is -5.24. The lowest BCUT2D eigenvalue weighted by molar-refractivity contribution is -0.0496. The van der Waals surface area contributed by atoms with Crippen molar-refractivity contribution in [1.82, 2.24) is 14.9 Å². The number of halogens is 3. The number of rotatable bonds is 9. The summed E-state index contributed by atoms with van der Waals surface area (Å²) in [5.74, 6) is 1.19. The quantitative estimate of drug-likeness (QED) is 0.315. The van der Waals surface area contributed by atoms with Crippen LogP contribution in [0.4, 0.5) is 13.2 Å². The molecule has 12 heteroatoms. The van der Waals surface area contributed by atoms with E-state index in [1.54, 1.807) is 7.05 Å². The first-order chi connectivity index (χ1) is 13.7. The molecule has 1 atom stereocenters.